The van der Waals surface area contributed by atoms with Gasteiger partial charge in [0.05, 0.1) is 0 Å². The van der Waals surface area contributed by atoms with Gasteiger partial charge >= 0.3 is 5.97 Å². The van der Waals surface area contributed by atoms with Gasteiger partial charge in [0.25, 0.3) is 0 Å². The Hall–Kier alpha value is -2.29. The van der Waals surface area contributed by atoms with Crippen LogP contribution < -0.4 is 9.47 Å². The van der Waals surface area contributed by atoms with Gasteiger partial charge in [-0.3, -0.25) is 4.79 Å². The standard InChI is InChI=1S/C25H30O3/c1-4-17-14-21(19-11-12-19)24(13-16(17)3)27-15-22-20(18-9-10-18)7-6-8-23(22)28-25(26)5-2/h6-8,13-14,18-19H,4-5,9-12,15H2,1-3H3. The summed E-state index contributed by atoms with van der Waals surface area (Å²) in [6.45, 7) is 6.64. The smallest absolute Gasteiger partial charge is 0.310 e. The van der Waals surface area contributed by atoms with Crippen LogP contribution >= 0.6 is 0 Å². The van der Waals surface area contributed by atoms with Gasteiger partial charge in [-0.05, 0) is 85.3 Å². The molecule has 2 saturated carbocycles. The predicted molar refractivity (Wildman–Crippen MR) is 111 cm³/mol. The van der Waals surface area contributed by atoms with E-state index in [0.29, 0.717) is 30.6 Å². The Morgan fingerprint density at radius 3 is 2.36 bits per heavy atom. The Morgan fingerprint density at radius 2 is 1.71 bits per heavy atom. The van der Waals surface area contributed by atoms with Crippen LogP contribution in [-0.2, 0) is 17.8 Å². The Morgan fingerprint density at radius 1 is 1.00 bits per heavy atom. The fourth-order valence-electron chi connectivity index (χ4n) is 3.92. The normalized spacial score (nSPS) is 16.1. The van der Waals surface area contributed by atoms with E-state index < -0.39 is 0 Å². The van der Waals surface area contributed by atoms with Crippen molar-refractivity contribution in [2.75, 3.05) is 0 Å². The number of hydrogen-bond acceptors (Lipinski definition) is 3. The number of carbonyl (C=O) groups is 1. The molecule has 2 aliphatic carbocycles. The van der Waals surface area contributed by atoms with Gasteiger partial charge in [-0.15, -0.1) is 0 Å². The first-order chi connectivity index (χ1) is 13.6. The van der Waals surface area contributed by atoms with Crippen LogP contribution in [0.25, 0.3) is 0 Å². The van der Waals surface area contributed by atoms with E-state index in [4.69, 9.17) is 9.47 Å². The van der Waals surface area contributed by atoms with Crippen molar-refractivity contribution in [2.45, 2.75) is 77.7 Å². The molecule has 2 fully saturated rings. The average molecular weight is 379 g/mol. The second kappa shape index (κ2) is 7.98. The predicted octanol–water partition coefficient (Wildman–Crippen LogP) is 6.21. The van der Waals surface area contributed by atoms with Gasteiger partial charge in [0.2, 0.25) is 0 Å². The molecule has 4 rings (SSSR count). The van der Waals surface area contributed by atoms with Crippen LogP contribution in [0.5, 0.6) is 11.5 Å². The van der Waals surface area contributed by atoms with Gasteiger partial charge in [-0.25, -0.2) is 0 Å². The second-order valence-corrected chi connectivity index (χ2v) is 8.16. The number of rotatable bonds is 8. The zero-order valence-electron chi connectivity index (χ0n) is 17.2. The van der Waals surface area contributed by atoms with Crippen LogP contribution in [0.3, 0.4) is 0 Å². The lowest BCUT2D eigenvalue weighted by atomic mass is 9.99. The van der Waals surface area contributed by atoms with E-state index in [1.807, 2.05) is 19.1 Å². The molecular weight excluding hydrogens is 348 g/mol. The third kappa shape index (κ3) is 4.09. The third-order valence-corrected chi connectivity index (χ3v) is 5.94. The summed E-state index contributed by atoms with van der Waals surface area (Å²) in [7, 11) is 0. The van der Waals surface area contributed by atoms with E-state index in [2.05, 4.69) is 32.0 Å². The minimum Gasteiger partial charge on any atom is -0.488 e. The minimum atomic E-state index is -0.198. The molecule has 0 bridgehead atoms. The Bertz CT molecular complexity index is 876. The molecule has 0 saturated heterocycles. The summed E-state index contributed by atoms with van der Waals surface area (Å²) in [4.78, 5) is 11.9. The first kappa shape index (κ1) is 19.0. The van der Waals surface area contributed by atoms with Crippen molar-refractivity contribution in [3.05, 3.63) is 58.1 Å². The summed E-state index contributed by atoms with van der Waals surface area (Å²) < 4.78 is 12.0. The lowest BCUT2D eigenvalue weighted by Gasteiger charge is -2.18. The van der Waals surface area contributed by atoms with E-state index in [1.54, 1.807) is 0 Å². The summed E-state index contributed by atoms with van der Waals surface area (Å²) in [6.07, 6.45) is 6.33. The van der Waals surface area contributed by atoms with Crippen LogP contribution in [-0.4, -0.2) is 5.97 Å². The van der Waals surface area contributed by atoms with Crippen molar-refractivity contribution in [1.82, 2.24) is 0 Å². The highest BCUT2D eigenvalue weighted by molar-refractivity contribution is 5.72. The highest BCUT2D eigenvalue weighted by Gasteiger charge is 2.30. The number of hydrogen-bond donors (Lipinski definition) is 0. The number of benzene rings is 2. The van der Waals surface area contributed by atoms with E-state index >= 15 is 0 Å². The summed E-state index contributed by atoms with van der Waals surface area (Å²) >= 11 is 0. The SMILES string of the molecule is CCC(=O)Oc1cccc(C2CC2)c1COc1cc(C)c(CC)cc1C1CC1. The average Bonchev–Trinajstić information content (AvgIpc) is 3.59. The monoisotopic (exact) mass is 378 g/mol. The number of aryl methyl sites for hydroxylation is 2. The lowest BCUT2D eigenvalue weighted by molar-refractivity contribution is -0.134. The molecule has 0 unspecified atom stereocenters. The van der Waals surface area contributed by atoms with Crippen LogP contribution in [0.4, 0.5) is 0 Å². The topological polar surface area (TPSA) is 35.5 Å². The molecule has 148 valence electrons. The molecule has 0 spiro atoms. The fourth-order valence-corrected chi connectivity index (χ4v) is 3.92. The molecule has 0 aromatic heterocycles. The zero-order valence-corrected chi connectivity index (χ0v) is 17.2. The largest absolute Gasteiger partial charge is 0.488 e. The minimum absolute atomic E-state index is 0.198. The third-order valence-electron chi connectivity index (χ3n) is 5.94. The van der Waals surface area contributed by atoms with Crippen molar-refractivity contribution in [3.8, 4) is 11.5 Å². The molecule has 0 radical (unpaired) electrons. The molecule has 0 amide bonds. The molecule has 28 heavy (non-hydrogen) atoms. The van der Waals surface area contributed by atoms with Crippen molar-refractivity contribution < 1.29 is 14.3 Å². The molecule has 0 heterocycles. The van der Waals surface area contributed by atoms with Crippen LogP contribution in [0.2, 0.25) is 0 Å². The number of ether oxygens (including phenoxy) is 2. The Kier molecular flexibility index (Phi) is 5.43. The number of esters is 1. The Balaban J connectivity index is 1.63. The van der Waals surface area contributed by atoms with Gasteiger partial charge in [-0.1, -0.05) is 32.0 Å². The molecule has 0 N–H and O–H groups in total. The van der Waals surface area contributed by atoms with Crippen molar-refractivity contribution >= 4 is 5.97 Å². The van der Waals surface area contributed by atoms with E-state index in [-0.39, 0.29) is 5.97 Å². The van der Waals surface area contributed by atoms with Crippen LogP contribution in [0.15, 0.2) is 30.3 Å². The summed E-state index contributed by atoms with van der Waals surface area (Å²) in [5, 5.41) is 0. The first-order valence-electron chi connectivity index (χ1n) is 10.7. The highest BCUT2D eigenvalue weighted by atomic mass is 16.5. The lowest BCUT2D eigenvalue weighted by Crippen LogP contribution is -2.10. The summed E-state index contributed by atoms with van der Waals surface area (Å²) in [6, 6.07) is 10.6. The van der Waals surface area contributed by atoms with Crippen LogP contribution in [0, 0.1) is 6.92 Å². The van der Waals surface area contributed by atoms with Gasteiger partial charge in [0.15, 0.2) is 0 Å². The maximum atomic E-state index is 11.9. The highest BCUT2D eigenvalue weighted by Crippen LogP contribution is 2.47. The van der Waals surface area contributed by atoms with E-state index in [9.17, 15) is 4.79 Å². The van der Waals surface area contributed by atoms with E-state index in [1.165, 1.54) is 47.9 Å². The van der Waals surface area contributed by atoms with Gasteiger partial charge < -0.3 is 9.47 Å². The quantitative estimate of drug-likeness (QED) is 0.405. The molecule has 2 aromatic carbocycles. The van der Waals surface area contributed by atoms with E-state index in [0.717, 1.165) is 17.7 Å². The second-order valence-electron chi connectivity index (χ2n) is 8.16. The molecular formula is C25H30O3. The molecule has 0 aliphatic heterocycles. The van der Waals surface area contributed by atoms with Crippen molar-refractivity contribution in [1.29, 1.82) is 0 Å². The van der Waals surface area contributed by atoms with Crippen molar-refractivity contribution in [2.24, 2.45) is 0 Å². The zero-order chi connectivity index (χ0) is 19.7. The summed E-state index contributed by atoms with van der Waals surface area (Å²) in [5.74, 6) is 2.67. The van der Waals surface area contributed by atoms with Crippen LogP contribution in [0.1, 0.15) is 85.6 Å². The molecule has 0 atom stereocenters. The Labute approximate surface area is 168 Å². The van der Waals surface area contributed by atoms with Gasteiger partial charge in [-0.2, -0.15) is 0 Å². The summed E-state index contributed by atoms with van der Waals surface area (Å²) in [5.41, 5.74) is 6.35. The molecule has 3 heteroatoms. The van der Waals surface area contributed by atoms with Crippen molar-refractivity contribution in [3.63, 3.8) is 0 Å². The molecule has 2 aliphatic rings. The number of carbonyl (C=O) groups excluding carboxylic acids is 1. The fraction of sp³-hybridized carbons (Fsp3) is 0.480. The van der Waals surface area contributed by atoms with Gasteiger partial charge in [0, 0.05) is 12.0 Å². The molecule has 2 aromatic rings. The maximum absolute atomic E-state index is 11.9. The maximum Gasteiger partial charge on any atom is 0.310 e. The molecule has 3 nitrogen and oxygen atoms in total. The van der Waals surface area contributed by atoms with Gasteiger partial charge in [0.1, 0.15) is 18.1 Å². The first-order valence-corrected chi connectivity index (χ1v) is 10.7.